The van der Waals surface area contributed by atoms with Crippen LogP contribution in [0.1, 0.15) is 23.7 Å². The van der Waals surface area contributed by atoms with Crippen LogP contribution in [0.4, 0.5) is 5.69 Å². The molecule has 1 N–H and O–H groups in total. The molecular formula is C16H26N2O6S. The summed E-state index contributed by atoms with van der Waals surface area (Å²) in [6, 6.07) is 2.93. The van der Waals surface area contributed by atoms with Crippen molar-refractivity contribution in [1.29, 1.82) is 0 Å². The van der Waals surface area contributed by atoms with Crippen molar-refractivity contribution in [2.75, 3.05) is 51.6 Å². The van der Waals surface area contributed by atoms with E-state index in [1.165, 1.54) is 33.4 Å². The molecular weight excluding hydrogens is 348 g/mol. The van der Waals surface area contributed by atoms with Gasteiger partial charge in [-0.2, -0.15) is 0 Å². The van der Waals surface area contributed by atoms with Gasteiger partial charge < -0.3 is 19.5 Å². The van der Waals surface area contributed by atoms with E-state index >= 15 is 0 Å². The molecule has 1 amide bonds. The summed E-state index contributed by atoms with van der Waals surface area (Å²) in [5.74, 6) is 0.275. The third-order valence-electron chi connectivity index (χ3n) is 3.54. The molecule has 1 aromatic carbocycles. The Morgan fingerprint density at radius 1 is 1.20 bits per heavy atom. The topological polar surface area (TPSA) is 94.2 Å². The van der Waals surface area contributed by atoms with E-state index in [1.54, 1.807) is 0 Å². The quantitative estimate of drug-likeness (QED) is 0.620. The van der Waals surface area contributed by atoms with Crippen molar-refractivity contribution < 1.29 is 27.4 Å². The number of hydrogen-bond donors (Lipinski definition) is 1. The smallest absolute Gasteiger partial charge is 0.253 e. The SMILES string of the molecule is CCOCCCNC(=O)c1cc(OC)c(OC)cc1N(C)S(C)(=O)=O. The highest BCUT2D eigenvalue weighted by atomic mass is 32.2. The lowest BCUT2D eigenvalue weighted by molar-refractivity contribution is 0.0944. The molecule has 0 unspecified atom stereocenters. The van der Waals surface area contributed by atoms with Crippen molar-refractivity contribution in [3.05, 3.63) is 17.7 Å². The van der Waals surface area contributed by atoms with Gasteiger partial charge in [0.1, 0.15) is 0 Å². The number of ether oxygens (including phenoxy) is 3. The summed E-state index contributed by atoms with van der Waals surface area (Å²) in [6.07, 6.45) is 1.72. The molecule has 0 spiro atoms. The summed E-state index contributed by atoms with van der Waals surface area (Å²) in [7, 11) is 0.711. The minimum absolute atomic E-state index is 0.182. The van der Waals surface area contributed by atoms with E-state index in [-0.39, 0.29) is 11.3 Å². The van der Waals surface area contributed by atoms with Crippen LogP contribution in [0.5, 0.6) is 11.5 Å². The summed E-state index contributed by atoms with van der Waals surface area (Å²) in [4.78, 5) is 12.5. The summed E-state index contributed by atoms with van der Waals surface area (Å²) < 4.78 is 40.5. The van der Waals surface area contributed by atoms with Crippen LogP contribution in [0.2, 0.25) is 0 Å². The maximum atomic E-state index is 12.5. The van der Waals surface area contributed by atoms with Crippen LogP contribution in [0.15, 0.2) is 12.1 Å². The summed E-state index contributed by atoms with van der Waals surface area (Å²) in [5.41, 5.74) is 0.393. The molecule has 0 aliphatic rings. The number of carbonyl (C=O) groups is 1. The van der Waals surface area contributed by atoms with Crippen molar-refractivity contribution in [2.45, 2.75) is 13.3 Å². The Hall–Kier alpha value is -2.00. The van der Waals surface area contributed by atoms with Crippen molar-refractivity contribution in [3.63, 3.8) is 0 Å². The average Bonchev–Trinajstić information content (AvgIpc) is 2.58. The van der Waals surface area contributed by atoms with Crippen LogP contribution in [-0.4, -0.2) is 61.6 Å². The van der Waals surface area contributed by atoms with Gasteiger partial charge in [0, 0.05) is 32.9 Å². The van der Waals surface area contributed by atoms with Gasteiger partial charge in [0.05, 0.1) is 31.7 Å². The molecule has 0 aromatic heterocycles. The molecule has 0 fully saturated rings. The van der Waals surface area contributed by atoms with Gasteiger partial charge in [-0.3, -0.25) is 9.10 Å². The Balaban J connectivity index is 3.15. The number of hydrogen-bond acceptors (Lipinski definition) is 6. The number of nitrogens with one attached hydrogen (secondary N) is 1. The number of carbonyl (C=O) groups excluding carboxylic acids is 1. The van der Waals surface area contributed by atoms with E-state index in [0.717, 1.165) is 10.6 Å². The first kappa shape index (κ1) is 21.0. The fourth-order valence-corrected chi connectivity index (χ4v) is 2.61. The Bertz CT molecular complexity index is 690. The fraction of sp³-hybridized carbons (Fsp3) is 0.562. The van der Waals surface area contributed by atoms with Crippen LogP contribution in [0.25, 0.3) is 0 Å². The number of nitrogens with zero attached hydrogens (tertiary/aromatic N) is 1. The van der Waals surface area contributed by atoms with Gasteiger partial charge in [0.25, 0.3) is 5.91 Å². The molecule has 0 heterocycles. The van der Waals surface area contributed by atoms with E-state index in [4.69, 9.17) is 14.2 Å². The van der Waals surface area contributed by atoms with Gasteiger partial charge in [0.2, 0.25) is 10.0 Å². The van der Waals surface area contributed by atoms with Gasteiger partial charge in [-0.15, -0.1) is 0 Å². The summed E-state index contributed by atoms with van der Waals surface area (Å²) in [6.45, 7) is 3.47. The molecule has 0 aliphatic heterocycles. The lowest BCUT2D eigenvalue weighted by Crippen LogP contribution is -2.30. The highest BCUT2D eigenvalue weighted by molar-refractivity contribution is 7.92. The molecule has 0 atom stereocenters. The van der Waals surface area contributed by atoms with Crippen LogP contribution >= 0.6 is 0 Å². The number of rotatable bonds is 10. The lowest BCUT2D eigenvalue weighted by Gasteiger charge is -2.22. The first-order chi connectivity index (χ1) is 11.8. The second kappa shape index (κ2) is 9.47. The van der Waals surface area contributed by atoms with Crippen LogP contribution in [0.3, 0.4) is 0 Å². The second-order valence-corrected chi connectivity index (χ2v) is 7.27. The standard InChI is InChI=1S/C16H26N2O6S/c1-6-24-9-7-8-17-16(19)12-10-14(22-3)15(23-4)11-13(12)18(2)25(5,20)21/h10-11H,6-9H2,1-5H3,(H,17,19). The van der Waals surface area contributed by atoms with Crippen molar-refractivity contribution in [2.24, 2.45) is 0 Å². The molecule has 0 aliphatic carbocycles. The monoisotopic (exact) mass is 374 g/mol. The van der Waals surface area contributed by atoms with Gasteiger partial charge in [0.15, 0.2) is 11.5 Å². The molecule has 0 bridgehead atoms. The van der Waals surface area contributed by atoms with Crippen LogP contribution < -0.4 is 19.1 Å². The molecule has 25 heavy (non-hydrogen) atoms. The summed E-state index contributed by atoms with van der Waals surface area (Å²) >= 11 is 0. The Morgan fingerprint density at radius 3 is 2.32 bits per heavy atom. The zero-order chi connectivity index (χ0) is 19.0. The number of benzene rings is 1. The molecule has 1 rings (SSSR count). The Labute approximate surface area is 149 Å². The third-order valence-corrected chi connectivity index (χ3v) is 4.73. The first-order valence-corrected chi connectivity index (χ1v) is 9.66. The van der Waals surface area contributed by atoms with Gasteiger partial charge in [-0.05, 0) is 19.4 Å². The molecule has 0 saturated heterocycles. The molecule has 0 saturated carbocycles. The van der Waals surface area contributed by atoms with E-state index in [9.17, 15) is 13.2 Å². The molecule has 1 aromatic rings. The van der Waals surface area contributed by atoms with Crippen molar-refractivity contribution in [3.8, 4) is 11.5 Å². The van der Waals surface area contributed by atoms with Gasteiger partial charge in [-0.25, -0.2) is 8.42 Å². The highest BCUT2D eigenvalue weighted by Crippen LogP contribution is 2.35. The average molecular weight is 374 g/mol. The molecule has 142 valence electrons. The number of sulfonamides is 1. The summed E-state index contributed by atoms with van der Waals surface area (Å²) in [5, 5.41) is 2.76. The minimum Gasteiger partial charge on any atom is -0.493 e. The Morgan fingerprint density at radius 2 is 1.80 bits per heavy atom. The first-order valence-electron chi connectivity index (χ1n) is 7.82. The number of methoxy groups -OCH3 is 2. The normalized spacial score (nSPS) is 11.1. The molecule has 9 heteroatoms. The van der Waals surface area contributed by atoms with Gasteiger partial charge in [-0.1, -0.05) is 0 Å². The predicted molar refractivity (Wildman–Crippen MR) is 96.2 cm³/mol. The zero-order valence-corrected chi connectivity index (χ0v) is 16.1. The zero-order valence-electron chi connectivity index (χ0n) is 15.3. The van der Waals surface area contributed by atoms with E-state index in [1.807, 2.05) is 6.92 Å². The van der Waals surface area contributed by atoms with E-state index in [2.05, 4.69) is 5.32 Å². The maximum absolute atomic E-state index is 12.5. The van der Waals surface area contributed by atoms with Gasteiger partial charge >= 0.3 is 0 Å². The predicted octanol–water partition coefficient (Wildman–Crippen LogP) is 1.26. The Kier molecular flexibility index (Phi) is 7.98. The van der Waals surface area contributed by atoms with Crippen molar-refractivity contribution >= 4 is 21.6 Å². The largest absolute Gasteiger partial charge is 0.493 e. The second-order valence-electron chi connectivity index (χ2n) is 5.26. The van der Waals surface area contributed by atoms with E-state index < -0.39 is 15.9 Å². The third kappa shape index (κ3) is 5.79. The van der Waals surface area contributed by atoms with Crippen LogP contribution in [-0.2, 0) is 14.8 Å². The number of amides is 1. The number of anilines is 1. The lowest BCUT2D eigenvalue weighted by atomic mass is 10.1. The minimum atomic E-state index is -3.55. The maximum Gasteiger partial charge on any atom is 0.253 e. The molecule has 0 radical (unpaired) electrons. The van der Waals surface area contributed by atoms with Crippen LogP contribution in [0, 0.1) is 0 Å². The fourth-order valence-electron chi connectivity index (χ4n) is 2.11. The van der Waals surface area contributed by atoms with Crippen molar-refractivity contribution in [1.82, 2.24) is 5.32 Å². The highest BCUT2D eigenvalue weighted by Gasteiger charge is 2.23. The van der Waals surface area contributed by atoms with E-state index in [0.29, 0.717) is 37.7 Å². The molecule has 8 nitrogen and oxygen atoms in total.